The smallest absolute Gasteiger partial charge is 0.854 e. The third-order valence-electron chi connectivity index (χ3n) is 3.96. The van der Waals surface area contributed by atoms with Crippen molar-refractivity contribution in [3.63, 3.8) is 0 Å². The van der Waals surface area contributed by atoms with Gasteiger partial charge >= 0.3 is 21.7 Å². The number of carboxylic acids is 2. The first kappa shape index (κ1) is 40.9. The summed E-state index contributed by atoms with van der Waals surface area (Å²) in [7, 11) is 0. The van der Waals surface area contributed by atoms with Crippen LogP contribution in [-0.4, -0.2) is 25.2 Å². The minimum Gasteiger partial charge on any atom is -0.854 e. The molecule has 7 heteroatoms. The van der Waals surface area contributed by atoms with Crippen LogP contribution >= 0.6 is 0 Å². The minimum absolute atomic E-state index is 0. The second kappa shape index (κ2) is 43.4. The van der Waals surface area contributed by atoms with E-state index in [2.05, 4.69) is 13.8 Å². The van der Waals surface area contributed by atoms with Gasteiger partial charge in [0.25, 0.3) is 0 Å². The largest absolute Gasteiger partial charge is 4.00 e. The van der Waals surface area contributed by atoms with Gasteiger partial charge in [0, 0.05) is 11.9 Å². The summed E-state index contributed by atoms with van der Waals surface area (Å²) in [6, 6.07) is 0. The molecule has 0 N–H and O–H groups in total. The summed E-state index contributed by atoms with van der Waals surface area (Å²) >= 11 is 0. The second-order valence-corrected chi connectivity index (χ2v) is 7.19. The maximum atomic E-state index is 9.92. The molecule has 0 spiro atoms. The number of carbonyl (C=O) groups is 2. The molecular weight excluding hydrogens is 432 g/mol. The first-order valence-electron chi connectivity index (χ1n) is 11.9. The Labute approximate surface area is 207 Å². The van der Waals surface area contributed by atoms with E-state index in [-0.39, 0.29) is 47.8 Å². The molecule has 0 saturated heterocycles. The van der Waals surface area contributed by atoms with Gasteiger partial charge in [0.15, 0.2) is 0 Å². The van der Waals surface area contributed by atoms with E-state index in [0.29, 0.717) is 0 Å². The number of hydrogen-bond donors (Lipinski definition) is 0. The first-order chi connectivity index (χ1) is 14.4. The van der Waals surface area contributed by atoms with E-state index in [4.69, 9.17) is 0 Å². The average molecular weight is 481 g/mol. The van der Waals surface area contributed by atoms with Gasteiger partial charge in [-0.2, -0.15) is 0 Å². The molecule has 0 rings (SSSR count). The summed E-state index contributed by atoms with van der Waals surface area (Å²) < 4.78 is 0. The first-order valence-corrected chi connectivity index (χ1v) is 11.9. The van der Waals surface area contributed by atoms with Gasteiger partial charge in [-0.3, -0.25) is 0 Å². The molecule has 0 aliphatic rings. The Kier molecular flexibility index (Phi) is 57.3. The van der Waals surface area contributed by atoms with Crippen molar-refractivity contribution in [2.24, 2.45) is 0 Å². The van der Waals surface area contributed by atoms with E-state index in [9.17, 15) is 30.0 Å². The Morgan fingerprint density at radius 2 is 0.742 bits per heavy atom. The molecule has 0 aliphatic carbocycles. The molecule has 0 saturated carbocycles. The van der Waals surface area contributed by atoms with Gasteiger partial charge in [-0.15, -0.1) is 13.2 Å². The van der Waals surface area contributed by atoms with Crippen LogP contribution in [0.2, 0.25) is 0 Å². The van der Waals surface area contributed by atoms with E-state index in [1.165, 1.54) is 25.7 Å². The number of aliphatic carboxylic acids is 2. The summed E-state index contributed by atoms with van der Waals surface area (Å²) in [5.74, 6) is -1.84. The van der Waals surface area contributed by atoms with Crippen LogP contribution in [0.4, 0.5) is 0 Å². The molecule has 31 heavy (non-hydrogen) atoms. The molecule has 0 radical (unpaired) electrons. The summed E-state index contributed by atoms with van der Waals surface area (Å²) in [5, 5.41) is 38.9. The SMILES string of the molecule is CCCCCCCC(=O)[O-].CCCCCCCC(=O)[O-].CCCC[O-].CCCC[O-].[Ti+4]. The minimum atomic E-state index is -0.920. The zero-order chi connectivity index (χ0) is 23.9. The molecule has 0 unspecified atom stereocenters. The molecule has 0 bridgehead atoms. The summed E-state index contributed by atoms with van der Waals surface area (Å²) in [6.45, 7) is 8.49. The van der Waals surface area contributed by atoms with Crippen LogP contribution in [0.1, 0.15) is 130 Å². The molecule has 0 aromatic rings. The molecule has 0 heterocycles. The summed E-state index contributed by atoms with van der Waals surface area (Å²) in [5.41, 5.74) is 0. The van der Waals surface area contributed by atoms with E-state index >= 15 is 0 Å². The zero-order valence-electron chi connectivity index (χ0n) is 20.7. The predicted octanol–water partition coefficient (Wildman–Crippen LogP) is 2.48. The number of carboxylic acid groups (broad SMARTS) is 2. The quantitative estimate of drug-likeness (QED) is 0.247. The van der Waals surface area contributed by atoms with Crippen LogP contribution in [0.3, 0.4) is 0 Å². The Bertz CT molecular complexity index is 280. The third-order valence-corrected chi connectivity index (χ3v) is 3.96. The van der Waals surface area contributed by atoms with Crippen LogP contribution in [0, 0.1) is 0 Å². The fourth-order valence-corrected chi connectivity index (χ4v) is 2.03. The molecule has 0 amide bonds. The van der Waals surface area contributed by atoms with Crippen LogP contribution in [0.15, 0.2) is 0 Å². The number of unbranched alkanes of at least 4 members (excludes halogenated alkanes) is 10. The molecule has 0 aromatic heterocycles. The third kappa shape index (κ3) is 72.8. The topological polar surface area (TPSA) is 126 Å². The van der Waals surface area contributed by atoms with Gasteiger partial charge in [-0.1, -0.05) is 105 Å². The van der Waals surface area contributed by atoms with Gasteiger partial charge in [0.05, 0.1) is 0 Å². The van der Waals surface area contributed by atoms with Crippen molar-refractivity contribution in [3.05, 3.63) is 0 Å². The molecular formula is C24H48O6Ti. The molecule has 184 valence electrons. The van der Waals surface area contributed by atoms with Gasteiger partial charge in [0.1, 0.15) is 0 Å². The van der Waals surface area contributed by atoms with E-state index in [1.807, 2.05) is 13.8 Å². The normalized spacial score (nSPS) is 8.97. The molecule has 0 fully saturated rings. The maximum Gasteiger partial charge on any atom is 4.00 e. The summed E-state index contributed by atoms with van der Waals surface area (Å²) in [6.07, 6.45) is 14.9. The van der Waals surface area contributed by atoms with Crippen LogP contribution in [-0.2, 0) is 31.3 Å². The Morgan fingerprint density at radius 3 is 0.903 bits per heavy atom. The van der Waals surface area contributed by atoms with Gasteiger partial charge in [-0.25, -0.2) is 0 Å². The fraction of sp³-hybridized carbons (Fsp3) is 0.917. The molecule has 0 aromatic carbocycles. The summed E-state index contributed by atoms with van der Waals surface area (Å²) in [4.78, 5) is 19.8. The van der Waals surface area contributed by atoms with Crippen LogP contribution < -0.4 is 20.4 Å². The van der Waals surface area contributed by atoms with Crippen molar-refractivity contribution < 1.29 is 51.7 Å². The second-order valence-electron chi connectivity index (χ2n) is 7.19. The number of carbonyl (C=O) groups excluding carboxylic acids is 2. The van der Waals surface area contributed by atoms with Gasteiger partial charge in [0.2, 0.25) is 0 Å². The number of hydrogen-bond acceptors (Lipinski definition) is 6. The van der Waals surface area contributed by atoms with Gasteiger partial charge < -0.3 is 30.0 Å². The predicted molar refractivity (Wildman–Crippen MR) is 116 cm³/mol. The van der Waals surface area contributed by atoms with Crippen LogP contribution in [0.25, 0.3) is 0 Å². The standard InChI is InChI=1S/2C8H16O2.2C4H9O.Ti/c2*1-2-3-4-5-6-7-8(9)10;2*1-2-3-4-5;/h2*2-7H2,1H3,(H,9,10);2*2-4H2,1H3;/q;;2*-1;+4/p-2. The molecule has 6 nitrogen and oxygen atoms in total. The fourth-order valence-electron chi connectivity index (χ4n) is 2.03. The van der Waals surface area contributed by atoms with Crippen LogP contribution in [0.5, 0.6) is 0 Å². The van der Waals surface area contributed by atoms with Crippen molar-refractivity contribution in [3.8, 4) is 0 Å². The van der Waals surface area contributed by atoms with Crippen molar-refractivity contribution >= 4 is 11.9 Å². The molecule has 0 atom stereocenters. The van der Waals surface area contributed by atoms with Crippen molar-refractivity contribution in [1.29, 1.82) is 0 Å². The zero-order valence-corrected chi connectivity index (χ0v) is 22.2. The number of rotatable bonds is 16. The van der Waals surface area contributed by atoms with E-state index in [0.717, 1.165) is 64.2 Å². The Hall–Kier alpha value is -0.426. The molecule has 0 aliphatic heterocycles. The van der Waals surface area contributed by atoms with E-state index < -0.39 is 11.9 Å². The Morgan fingerprint density at radius 1 is 0.484 bits per heavy atom. The van der Waals surface area contributed by atoms with E-state index in [1.54, 1.807) is 0 Å². The van der Waals surface area contributed by atoms with Crippen molar-refractivity contribution in [2.45, 2.75) is 130 Å². The monoisotopic (exact) mass is 480 g/mol. The van der Waals surface area contributed by atoms with Gasteiger partial charge in [-0.05, 0) is 25.7 Å². The maximum absolute atomic E-state index is 9.92. The Balaban J connectivity index is -0.000000101. The average Bonchev–Trinajstić information content (AvgIpc) is 2.70. The van der Waals surface area contributed by atoms with Crippen molar-refractivity contribution in [1.82, 2.24) is 0 Å². The van der Waals surface area contributed by atoms with Crippen molar-refractivity contribution in [2.75, 3.05) is 13.2 Å².